The molecule has 1 aromatic carbocycles. The molecular formula is C32H41FN6O. The number of nitrogens with two attached hydrogens (primary N) is 1. The second-order valence-electron chi connectivity index (χ2n) is 13.1. The van der Waals surface area contributed by atoms with Crippen LogP contribution in [0.25, 0.3) is 0 Å². The van der Waals surface area contributed by atoms with Crippen molar-refractivity contribution >= 4 is 11.5 Å². The lowest BCUT2D eigenvalue weighted by molar-refractivity contribution is -0.0872. The molecule has 8 heteroatoms. The summed E-state index contributed by atoms with van der Waals surface area (Å²) in [6.07, 6.45) is 7.42. The predicted molar refractivity (Wildman–Crippen MR) is 153 cm³/mol. The van der Waals surface area contributed by atoms with Crippen LogP contribution in [0, 0.1) is 17.2 Å². The van der Waals surface area contributed by atoms with Crippen molar-refractivity contribution in [2.45, 2.75) is 101 Å². The molecule has 2 aromatic rings. The summed E-state index contributed by atoms with van der Waals surface area (Å²) in [7, 11) is 0. The molecule has 1 spiro atoms. The van der Waals surface area contributed by atoms with Gasteiger partial charge in [0.25, 0.3) is 0 Å². The van der Waals surface area contributed by atoms with Gasteiger partial charge in [-0.2, -0.15) is 5.26 Å². The minimum absolute atomic E-state index is 0.0368. The number of aromatic nitrogens is 2. The molecule has 3 fully saturated rings. The molecule has 0 amide bonds. The Morgan fingerprint density at radius 1 is 1.23 bits per heavy atom. The first kappa shape index (κ1) is 26.2. The summed E-state index contributed by atoms with van der Waals surface area (Å²) in [5.41, 5.74) is 11.0. The summed E-state index contributed by atoms with van der Waals surface area (Å²) in [6.45, 7) is 8.52. The number of nitriles is 1. The fourth-order valence-corrected chi connectivity index (χ4v) is 8.43. The molecule has 0 radical (unpaired) electrons. The highest BCUT2D eigenvalue weighted by Crippen LogP contribution is 2.51. The van der Waals surface area contributed by atoms with E-state index in [2.05, 4.69) is 35.8 Å². The summed E-state index contributed by atoms with van der Waals surface area (Å²) in [5, 5.41) is 10.1. The van der Waals surface area contributed by atoms with Crippen LogP contribution in [-0.4, -0.2) is 52.8 Å². The maximum Gasteiger partial charge on any atom is 0.138 e. The van der Waals surface area contributed by atoms with Crippen molar-refractivity contribution in [3.8, 4) is 6.07 Å². The standard InChI is InChI=1S/C32H41FN6O/c1-3-21-16-38(17-21)30-25-19-40-32(11-7-20(2)23-5-6-26(35)24(15-34)29(23)32)14-27(25)36-28(37-30)8-10-31-9-4-12-39(31)18-22(33)13-31/h5-6,20-22H,3-4,7-14,16-19,35H2,1-2H3. The Bertz CT molecular complexity index is 1370. The van der Waals surface area contributed by atoms with E-state index in [1.54, 1.807) is 0 Å². The van der Waals surface area contributed by atoms with Crippen molar-refractivity contribution in [2.24, 2.45) is 5.92 Å². The highest BCUT2D eigenvalue weighted by atomic mass is 19.1. The van der Waals surface area contributed by atoms with Crippen LogP contribution in [0.15, 0.2) is 12.1 Å². The molecule has 5 heterocycles. The zero-order chi connectivity index (χ0) is 27.6. The molecule has 4 unspecified atom stereocenters. The van der Waals surface area contributed by atoms with Crippen LogP contribution in [-0.2, 0) is 29.8 Å². The van der Waals surface area contributed by atoms with Gasteiger partial charge in [0, 0.05) is 54.8 Å². The van der Waals surface area contributed by atoms with Crippen LogP contribution in [0.5, 0.6) is 0 Å². The summed E-state index contributed by atoms with van der Waals surface area (Å²) in [4.78, 5) is 15.2. The van der Waals surface area contributed by atoms with E-state index in [4.69, 9.17) is 20.4 Å². The Labute approximate surface area is 236 Å². The lowest BCUT2D eigenvalue weighted by Crippen LogP contribution is -2.48. The number of aryl methyl sites for hydroxylation is 1. The number of rotatable bonds is 5. The number of anilines is 2. The highest BCUT2D eigenvalue weighted by molar-refractivity contribution is 5.64. The number of ether oxygens (including phenoxy) is 1. The second kappa shape index (κ2) is 9.66. The number of fused-ring (bicyclic) bond motifs is 4. The molecule has 7 rings (SSSR count). The predicted octanol–water partition coefficient (Wildman–Crippen LogP) is 5.15. The monoisotopic (exact) mass is 544 g/mol. The minimum atomic E-state index is -0.722. The molecule has 4 atom stereocenters. The minimum Gasteiger partial charge on any atom is -0.398 e. The van der Waals surface area contributed by atoms with Crippen LogP contribution in [0.1, 0.15) is 98.5 Å². The fourth-order valence-electron chi connectivity index (χ4n) is 8.43. The Hall–Kier alpha value is -2.76. The number of benzene rings is 1. The van der Waals surface area contributed by atoms with Crippen molar-refractivity contribution < 1.29 is 9.13 Å². The van der Waals surface area contributed by atoms with Gasteiger partial charge in [-0.15, -0.1) is 0 Å². The van der Waals surface area contributed by atoms with E-state index in [1.807, 2.05) is 6.07 Å². The summed E-state index contributed by atoms with van der Waals surface area (Å²) in [5.74, 6) is 2.93. The van der Waals surface area contributed by atoms with Crippen LogP contribution in [0.3, 0.4) is 0 Å². The third-order valence-electron chi connectivity index (χ3n) is 10.8. The number of alkyl halides is 1. The molecule has 0 bridgehead atoms. The average molecular weight is 545 g/mol. The van der Waals surface area contributed by atoms with Crippen molar-refractivity contribution in [2.75, 3.05) is 36.8 Å². The van der Waals surface area contributed by atoms with Gasteiger partial charge < -0.3 is 15.4 Å². The quantitative estimate of drug-likeness (QED) is 0.521. The van der Waals surface area contributed by atoms with Crippen LogP contribution in [0.2, 0.25) is 0 Å². The van der Waals surface area contributed by atoms with E-state index in [0.29, 0.717) is 49.1 Å². The first-order valence-corrected chi connectivity index (χ1v) is 15.3. The second-order valence-corrected chi connectivity index (χ2v) is 13.1. The van der Waals surface area contributed by atoms with Gasteiger partial charge in [0.1, 0.15) is 29.5 Å². The molecule has 7 nitrogen and oxygen atoms in total. The molecule has 3 saturated heterocycles. The van der Waals surface area contributed by atoms with Gasteiger partial charge in [0.15, 0.2) is 0 Å². The number of nitrogens with zero attached hydrogens (tertiary/aromatic N) is 5. The topological polar surface area (TPSA) is 91.3 Å². The Morgan fingerprint density at radius 3 is 2.88 bits per heavy atom. The van der Waals surface area contributed by atoms with Gasteiger partial charge in [-0.05, 0) is 75.0 Å². The lowest BCUT2D eigenvalue weighted by atomic mass is 9.69. The zero-order valence-corrected chi connectivity index (χ0v) is 23.9. The molecule has 4 aliphatic heterocycles. The van der Waals surface area contributed by atoms with E-state index in [0.717, 1.165) is 86.6 Å². The third kappa shape index (κ3) is 4.03. The van der Waals surface area contributed by atoms with E-state index in [9.17, 15) is 9.65 Å². The van der Waals surface area contributed by atoms with E-state index in [-0.39, 0.29) is 5.54 Å². The van der Waals surface area contributed by atoms with E-state index < -0.39 is 11.8 Å². The van der Waals surface area contributed by atoms with Crippen LogP contribution in [0.4, 0.5) is 15.9 Å². The first-order valence-electron chi connectivity index (χ1n) is 15.3. The fraction of sp³-hybridized carbons (Fsp3) is 0.656. The van der Waals surface area contributed by atoms with Gasteiger partial charge in [-0.25, -0.2) is 14.4 Å². The molecule has 40 heavy (non-hydrogen) atoms. The summed E-state index contributed by atoms with van der Waals surface area (Å²) >= 11 is 0. The largest absolute Gasteiger partial charge is 0.398 e. The summed E-state index contributed by atoms with van der Waals surface area (Å²) < 4.78 is 21.3. The third-order valence-corrected chi connectivity index (χ3v) is 10.8. The molecule has 5 aliphatic rings. The van der Waals surface area contributed by atoms with Crippen LogP contribution >= 0.6 is 0 Å². The van der Waals surface area contributed by atoms with Crippen LogP contribution < -0.4 is 10.6 Å². The van der Waals surface area contributed by atoms with Crippen molar-refractivity contribution in [1.29, 1.82) is 5.26 Å². The summed E-state index contributed by atoms with van der Waals surface area (Å²) in [6, 6.07) is 6.36. The molecule has 0 saturated carbocycles. The number of hydrogen-bond donors (Lipinski definition) is 1. The smallest absolute Gasteiger partial charge is 0.138 e. The van der Waals surface area contributed by atoms with Crippen molar-refractivity contribution in [3.63, 3.8) is 0 Å². The first-order chi connectivity index (χ1) is 19.3. The SMILES string of the molecule is CCC1CN(c2nc(CCC34CCCN3CC(F)C4)nc3c2COC2(CCC(C)c4ccc(N)c(C#N)c42)C3)C1. The normalized spacial score (nSPS) is 31.5. The lowest BCUT2D eigenvalue weighted by Gasteiger charge is -2.46. The molecule has 212 valence electrons. The van der Waals surface area contributed by atoms with Gasteiger partial charge >= 0.3 is 0 Å². The van der Waals surface area contributed by atoms with E-state index >= 15 is 0 Å². The van der Waals surface area contributed by atoms with Crippen molar-refractivity contribution in [1.82, 2.24) is 14.9 Å². The van der Waals surface area contributed by atoms with Crippen molar-refractivity contribution in [3.05, 3.63) is 45.9 Å². The number of hydrogen-bond acceptors (Lipinski definition) is 7. The Morgan fingerprint density at radius 2 is 2.08 bits per heavy atom. The van der Waals surface area contributed by atoms with E-state index in [1.165, 1.54) is 12.0 Å². The van der Waals surface area contributed by atoms with Gasteiger partial charge in [-0.3, -0.25) is 4.90 Å². The zero-order valence-electron chi connectivity index (χ0n) is 23.9. The molecule has 2 N–H and O–H groups in total. The molecule has 1 aromatic heterocycles. The number of halogens is 1. The van der Waals surface area contributed by atoms with Gasteiger partial charge in [0.2, 0.25) is 0 Å². The Balaban J connectivity index is 1.26. The molecule has 1 aliphatic carbocycles. The Kier molecular flexibility index (Phi) is 6.32. The van der Waals surface area contributed by atoms with Gasteiger partial charge in [-0.1, -0.05) is 19.9 Å². The maximum atomic E-state index is 14.5. The molecular weight excluding hydrogens is 503 g/mol. The number of nitrogen functional groups attached to an aromatic ring is 1. The highest BCUT2D eigenvalue weighted by Gasteiger charge is 2.49. The maximum absolute atomic E-state index is 14.5. The van der Waals surface area contributed by atoms with Gasteiger partial charge in [0.05, 0.1) is 17.9 Å². The average Bonchev–Trinajstić information content (AvgIpc) is 3.44.